The quantitative estimate of drug-likeness (QED) is 0.261. The Hall–Kier alpha value is -5.50. The van der Waals surface area contributed by atoms with Crippen molar-refractivity contribution in [2.24, 2.45) is 5.73 Å². The Morgan fingerprint density at radius 1 is 1.02 bits per heavy atom. The molecule has 2 aliphatic rings. The van der Waals surface area contributed by atoms with Crippen LogP contribution in [0.5, 0.6) is 11.5 Å². The van der Waals surface area contributed by atoms with Crippen LogP contribution in [-0.4, -0.2) is 70.5 Å². The number of nitrogens with zero attached hydrogens (tertiary/aromatic N) is 3. The molecule has 2 aliphatic heterocycles. The van der Waals surface area contributed by atoms with Crippen molar-refractivity contribution in [1.82, 2.24) is 4.57 Å². The number of anilines is 2. The summed E-state index contributed by atoms with van der Waals surface area (Å²) in [5.74, 6) is -3.40. The van der Waals surface area contributed by atoms with Crippen molar-refractivity contribution >= 4 is 40.1 Å². The molecule has 14 heteroatoms. The van der Waals surface area contributed by atoms with Crippen LogP contribution in [0, 0.1) is 11.6 Å². The molecule has 3 aromatic carbocycles. The maximum atomic E-state index is 15.5. The number of pyridine rings is 1. The monoisotopic (exact) mass is 634 g/mol. The van der Waals surface area contributed by atoms with Crippen molar-refractivity contribution in [3.8, 4) is 17.2 Å². The summed E-state index contributed by atoms with van der Waals surface area (Å²) in [5.41, 5.74) is 5.43. The zero-order valence-electron chi connectivity index (χ0n) is 24.4. The fraction of sp³-hybridized carbons (Fsp3) is 0.250. The van der Waals surface area contributed by atoms with E-state index in [-0.39, 0.29) is 52.6 Å². The average Bonchev–Trinajstić information content (AvgIpc) is 3.64. The smallest absolute Gasteiger partial charge is 0.414 e. The van der Waals surface area contributed by atoms with Gasteiger partial charge in [0.1, 0.15) is 41.2 Å². The van der Waals surface area contributed by atoms with E-state index in [2.05, 4.69) is 0 Å². The van der Waals surface area contributed by atoms with E-state index in [4.69, 9.17) is 15.2 Å². The molecule has 3 unspecified atom stereocenters. The highest BCUT2D eigenvalue weighted by molar-refractivity contribution is 5.94. The number of ether oxygens (including phenoxy) is 2. The van der Waals surface area contributed by atoms with Gasteiger partial charge in [-0.2, -0.15) is 0 Å². The third-order valence-corrected chi connectivity index (χ3v) is 8.14. The molecule has 2 fully saturated rings. The highest BCUT2D eigenvalue weighted by atomic mass is 19.1. The Labute approximate surface area is 259 Å². The minimum atomic E-state index is -1.47. The largest absolute Gasteiger partial charge is 0.508 e. The average molecular weight is 635 g/mol. The number of aromatic nitrogens is 1. The number of halogens is 2. The molecule has 0 saturated carbocycles. The van der Waals surface area contributed by atoms with Gasteiger partial charge in [0.15, 0.2) is 11.6 Å². The number of amides is 1. The second kappa shape index (κ2) is 11.8. The number of aromatic carboxylic acids is 1. The summed E-state index contributed by atoms with van der Waals surface area (Å²) >= 11 is 0. The van der Waals surface area contributed by atoms with Crippen LogP contribution < -0.4 is 25.7 Å². The van der Waals surface area contributed by atoms with Gasteiger partial charge in [-0.25, -0.2) is 18.4 Å². The van der Waals surface area contributed by atoms with E-state index in [1.807, 2.05) is 0 Å². The predicted octanol–water partition coefficient (Wildman–Crippen LogP) is 3.57. The molecule has 0 aliphatic carbocycles. The molecule has 6 rings (SSSR count). The van der Waals surface area contributed by atoms with Crippen LogP contribution in [0.25, 0.3) is 16.6 Å². The van der Waals surface area contributed by atoms with Crippen molar-refractivity contribution in [3.63, 3.8) is 0 Å². The number of fused-ring (bicyclic) bond motifs is 1. The van der Waals surface area contributed by atoms with Crippen molar-refractivity contribution in [1.29, 1.82) is 0 Å². The Kier molecular flexibility index (Phi) is 7.82. The van der Waals surface area contributed by atoms with Gasteiger partial charge in [-0.05, 0) is 55.5 Å². The molecule has 0 spiro atoms. The Bertz CT molecular complexity index is 1950. The fourth-order valence-electron chi connectivity index (χ4n) is 5.68. The first kappa shape index (κ1) is 30.5. The van der Waals surface area contributed by atoms with E-state index >= 15 is 8.78 Å². The number of carboxylic acids is 1. The maximum Gasteiger partial charge on any atom is 0.414 e. The standard InChI is InChI=1S/C32H28F2N4O8/c1-16(39)29(35)28-15-38(32(44)46-28)18-4-7-27(24(34)10-18)45-20-8-9-36(13-20)26-12-25-21(11-23(26)33)30(41)22(31(42)43)14-37(25)17-2-5-19(40)6-3-17/h2-7,10-12,14,20,28-29,40H,8-9,13,15,35H2,1H3,(H,42,43). The zero-order valence-corrected chi connectivity index (χ0v) is 24.4. The number of hydrogen-bond acceptors (Lipinski definition) is 9. The zero-order chi connectivity index (χ0) is 32.9. The third kappa shape index (κ3) is 5.58. The molecule has 4 N–H and O–H groups in total. The predicted molar refractivity (Wildman–Crippen MR) is 162 cm³/mol. The van der Waals surface area contributed by atoms with Crippen molar-refractivity contribution in [3.05, 3.63) is 88.2 Å². The number of hydrogen-bond donors (Lipinski definition) is 3. The molecule has 3 heterocycles. The van der Waals surface area contributed by atoms with Gasteiger partial charge in [-0.3, -0.25) is 14.5 Å². The molecule has 46 heavy (non-hydrogen) atoms. The molecular weight excluding hydrogens is 606 g/mol. The van der Waals surface area contributed by atoms with E-state index in [1.165, 1.54) is 58.9 Å². The van der Waals surface area contributed by atoms with Crippen molar-refractivity contribution in [2.45, 2.75) is 31.6 Å². The summed E-state index contributed by atoms with van der Waals surface area (Å²) in [6.45, 7) is 1.77. The number of rotatable bonds is 8. The van der Waals surface area contributed by atoms with Gasteiger partial charge in [0, 0.05) is 36.3 Å². The lowest BCUT2D eigenvalue weighted by Crippen LogP contribution is -2.43. The first-order valence-electron chi connectivity index (χ1n) is 14.3. The summed E-state index contributed by atoms with van der Waals surface area (Å²) in [4.78, 5) is 51.5. The molecule has 12 nitrogen and oxygen atoms in total. The summed E-state index contributed by atoms with van der Waals surface area (Å²) in [6.07, 6.45) is -0.598. The molecule has 4 aromatic rings. The highest BCUT2D eigenvalue weighted by Gasteiger charge is 2.38. The number of phenolic OH excluding ortho intramolecular Hbond substituents is 1. The minimum absolute atomic E-state index is 0.0185. The van der Waals surface area contributed by atoms with Crippen LogP contribution in [0.2, 0.25) is 0 Å². The van der Waals surface area contributed by atoms with Crippen LogP contribution in [0.3, 0.4) is 0 Å². The van der Waals surface area contributed by atoms with Crippen molar-refractivity contribution < 1.29 is 42.9 Å². The molecular formula is C32H28F2N4O8. The number of ketones is 1. The lowest BCUT2D eigenvalue weighted by Gasteiger charge is -2.22. The van der Waals surface area contributed by atoms with Gasteiger partial charge >= 0.3 is 12.1 Å². The first-order valence-corrected chi connectivity index (χ1v) is 14.3. The van der Waals surface area contributed by atoms with Gasteiger partial charge in [-0.15, -0.1) is 0 Å². The number of carbonyl (C=O) groups is 3. The second-order valence-corrected chi connectivity index (χ2v) is 11.1. The van der Waals surface area contributed by atoms with Crippen LogP contribution in [0.15, 0.2) is 65.6 Å². The Morgan fingerprint density at radius 2 is 1.74 bits per heavy atom. The van der Waals surface area contributed by atoms with Gasteiger partial charge in [0.25, 0.3) is 0 Å². The summed E-state index contributed by atoms with van der Waals surface area (Å²) in [6, 6.07) is 11.3. The molecule has 1 amide bonds. The minimum Gasteiger partial charge on any atom is -0.508 e. The molecule has 2 saturated heterocycles. The number of benzene rings is 3. The Balaban J connectivity index is 1.23. The summed E-state index contributed by atoms with van der Waals surface area (Å²) < 4.78 is 43.2. The molecule has 0 radical (unpaired) electrons. The maximum absolute atomic E-state index is 15.5. The molecule has 0 bridgehead atoms. The summed E-state index contributed by atoms with van der Waals surface area (Å²) in [5, 5.41) is 19.2. The lowest BCUT2D eigenvalue weighted by molar-refractivity contribution is -0.120. The van der Waals surface area contributed by atoms with Gasteiger partial charge < -0.3 is 34.9 Å². The highest BCUT2D eigenvalue weighted by Crippen LogP contribution is 2.33. The lowest BCUT2D eigenvalue weighted by atomic mass is 10.1. The normalized spacial score (nSPS) is 18.6. The number of aromatic hydroxyl groups is 1. The van der Waals surface area contributed by atoms with Crippen molar-refractivity contribution in [2.75, 3.05) is 29.4 Å². The number of carbonyl (C=O) groups excluding carboxylic acids is 2. The van der Waals surface area contributed by atoms with E-state index in [0.717, 1.165) is 18.3 Å². The van der Waals surface area contributed by atoms with Gasteiger partial charge in [0.05, 0.1) is 30.0 Å². The summed E-state index contributed by atoms with van der Waals surface area (Å²) in [7, 11) is 0. The van der Waals surface area contributed by atoms with Gasteiger partial charge in [0.2, 0.25) is 5.43 Å². The fourth-order valence-corrected chi connectivity index (χ4v) is 5.68. The number of nitrogens with two attached hydrogens (primary N) is 1. The first-order chi connectivity index (χ1) is 21.9. The van der Waals surface area contributed by atoms with Gasteiger partial charge in [-0.1, -0.05) is 0 Å². The third-order valence-electron chi connectivity index (χ3n) is 8.14. The molecule has 1 aromatic heterocycles. The number of Topliss-reactive ketones (excluding diaryl/α,β-unsaturated/α-hetero) is 1. The number of cyclic esters (lactones) is 1. The van der Waals surface area contributed by atoms with E-state index in [9.17, 15) is 29.4 Å². The van der Waals surface area contributed by atoms with E-state index in [1.54, 1.807) is 4.90 Å². The SMILES string of the molecule is CC(=O)C(N)C1CN(c2ccc(OC3CCN(c4cc5c(cc4F)c(=O)c(C(=O)O)cn5-c4ccc(O)cc4)C3)c(F)c2)C(=O)O1. The molecule has 3 atom stereocenters. The number of carboxylic acid groups (broad SMARTS) is 1. The number of phenols is 1. The molecule has 238 valence electrons. The van der Waals surface area contributed by atoms with Crippen LogP contribution in [0.1, 0.15) is 23.7 Å². The Morgan fingerprint density at radius 3 is 2.41 bits per heavy atom. The topological polar surface area (TPSA) is 165 Å². The van der Waals surface area contributed by atoms with E-state index < -0.39 is 52.9 Å². The van der Waals surface area contributed by atoms with E-state index in [0.29, 0.717) is 18.7 Å². The second-order valence-electron chi connectivity index (χ2n) is 11.1. The van der Waals surface area contributed by atoms with Crippen LogP contribution >= 0.6 is 0 Å². The van der Waals surface area contributed by atoms with Crippen LogP contribution in [0.4, 0.5) is 25.0 Å². The van der Waals surface area contributed by atoms with Crippen LogP contribution in [-0.2, 0) is 9.53 Å².